The van der Waals surface area contributed by atoms with Gasteiger partial charge >= 0.3 is 5.97 Å². The van der Waals surface area contributed by atoms with Crippen LogP contribution in [-0.4, -0.2) is 30.2 Å². The van der Waals surface area contributed by atoms with Gasteiger partial charge in [0.2, 0.25) is 0 Å². The van der Waals surface area contributed by atoms with E-state index in [1.54, 1.807) is 24.3 Å². The van der Waals surface area contributed by atoms with Crippen LogP contribution in [0.4, 0.5) is 5.00 Å². The van der Waals surface area contributed by atoms with E-state index in [1.165, 1.54) is 6.07 Å². The maximum Gasteiger partial charge on any atom is 0.345 e. The summed E-state index contributed by atoms with van der Waals surface area (Å²) in [4.78, 5) is 23.1. The highest BCUT2D eigenvalue weighted by molar-refractivity contribution is 7.18. The Kier molecular flexibility index (Phi) is 3.49. The van der Waals surface area contributed by atoms with Gasteiger partial charge in [-0.3, -0.25) is 4.79 Å². The maximum absolute atomic E-state index is 12.1. The first-order chi connectivity index (χ1) is 10.1. The van der Waals surface area contributed by atoms with Gasteiger partial charge in [0.1, 0.15) is 18.1 Å². The Morgan fingerprint density at radius 3 is 2.57 bits per heavy atom. The Labute approximate surface area is 123 Å². The van der Waals surface area contributed by atoms with Crippen molar-refractivity contribution in [2.24, 2.45) is 0 Å². The molecule has 108 valence electrons. The first kappa shape index (κ1) is 13.4. The molecule has 2 heterocycles. The highest BCUT2D eigenvalue weighted by Gasteiger charge is 2.16. The smallest absolute Gasteiger partial charge is 0.345 e. The van der Waals surface area contributed by atoms with Gasteiger partial charge in [-0.2, -0.15) is 0 Å². The fourth-order valence-corrected chi connectivity index (χ4v) is 2.63. The molecule has 0 aliphatic carbocycles. The number of amides is 1. The van der Waals surface area contributed by atoms with E-state index in [0.717, 1.165) is 11.3 Å². The summed E-state index contributed by atoms with van der Waals surface area (Å²) in [5, 5.41) is 12.0. The van der Waals surface area contributed by atoms with Crippen LogP contribution in [0, 0.1) is 0 Å². The summed E-state index contributed by atoms with van der Waals surface area (Å²) in [6.07, 6.45) is 0. The van der Waals surface area contributed by atoms with Crippen molar-refractivity contribution in [2.45, 2.75) is 0 Å². The topological polar surface area (TPSA) is 84.9 Å². The lowest BCUT2D eigenvalue weighted by atomic mass is 10.2. The summed E-state index contributed by atoms with van der Waals surface area (Å²) in [5.41, 5.74) is 0.421. The number of ether oxygens (including phenoxy) is 2. The third-order valence-electron chi connectivity index (χ3n) is 2.86. The Morgan fingerprint density at radius 2 is 1.86 bits per heavy atom. The van der Waals surface area contributed by atoms with E-state index in [0.29, 0.717) is 35.3 Å². The van der Waals surface area contributed by atoms with Crippen molar-refractivity contribution < 1.29 is 24.2 Å². The van der Waals surface area contributed by atoms with Crippen LogP contribution in [0.15, 0.2) is 30.3 Å². The molecule has 0 saturated heterocycles. The molecule has 0 saturated carbocycles. The van der Waals surface area contributed by atoms with E-state index >= 15 is 0 Å². The molecule has 0 radical (unpaired) electrons. The Bertz CT molecular complexity index is 709. The molecule has 1 aromatic carbocycles. The maximum atomic E-state index is 12.1. The van der Waals surface area contributed by atoms with Crippen molar-refractivity contribution in [3.05, 3.63) is 40.8 Å². The van der Waals surface area contributed by atoms with Crippen LogP contribution in [-0.2, 0) is 0 Å². The van der Waals surface area contributed by atoms with E-state index in [9.17, 15) is 9.59 Å². The summed E-state index contributed by atoms with van der Waals surface area (Å²) in [7, 11) is 0. The van der Waals surface area contributed by atoms with Gasteiger partial charge in [-0.05, 0) is 30.3 Å². The predicted octanol–water partition coefficient (Wildman–Crippen LogP) is 2.47. The molecule has 0 unspecified atom stereocenters. The van der Waals surface area contributed by atoms with Gasteiger partial charge in [-0.25, -0.2) is 4.79 Å². The number of benzene rings is 1. The second kappa shape index (κ2) is 5.45. The lowest BCUT2D eigenvalue weighted by Crippen LogP contribution is -2.17. The van der Waals surface area contributed by atoms with E-state index in [4.69, 9.17) is 14.6 Å². The molecule has 1 aliphatic heterocycles. The van der Waals surface area contributed by atoms with E-state index in [1.807, 2.05) is 0 Å². The summed E-state index contributed by atoms with van der Waals surface area (Å²) in [5.74, 6) is -0.195. The highest BCUT2D eigenvalue weighted by atomic mass is 32.1. The molecular formula is C14H11NO5S. The number of anilines is 1. The van der Waals surface area contributed by atoms with Crippen molar-refractivity contribution in [2.75, 3.05) is 18.5 Å². The summed E-state index contributed by atoms with van der Waals surface area (Å²) >= 11 is 1.01. The number of rotatable bonds is 3. The van der Waals surface area contributed by atoms with Gasteiger partial charge in [0.05, 0.1) is 5.00 Å². The van der Waals surface area contributed by atoms with Crippen molar-refractivity contribution in [1.29, 1.82) is 0 Å². The third-order valence-corrected chi connectivity index (χ3v) is 3.85. The van der Waals surface area contributed by atoms with Crippen LogP contribution in [0.2, 0.25) is 0 Å². The number of aromatic carboxylic acids is 1. The van der Waals surface area contributed by atoms with Crippen LogP contribution in [0.25, 0.3) is 0 Å². The van der Waals surface area contributed by atoms with Gasteiger partial charge in [0, 0.05) is 5.56 Å². The largest absolute Gasteiger partial charge is 0.486 e. The number of carbonyl (C=O) groups excluding carboxylic acids is 1. The standard InChI is InChI=1S/C14H11NO5S/c16-13(15-12-4-3-11(21-12)14(17)18)8-1-2-9-10(7-8)20-6-5-19-9/h1-4,7H,5-6H2,(H,15,16)(H,17,18). The first-order valence-electron chi connectivity index (χ1n) is 6.17. The van der Waals surface area contributed by atoms with Gasteiger partial charge in [-0.15, -0.1) is 11.3 Å². The monoisotopic (exact) mass is 305 g/mol. The molecular weight excluding hydrogens is 294 g/mol. The second-order valence-electron chi connectivity index (χ2n) is 4.28. The quantitative estimate of drug-likeness (QED) is 0.910. The molecule has 21 heavy (non-hydrogen) atoms. The normalized spacial score (nSPS) is 12.8. The molecule has 1 aliphatic rings. The zero-order chi connectivity index (χ0) is 14.8. The molecule has 2 N–H and O–H groups in total. The average Bonchev–Trinajstić information content (AvgIpc) is 2.95. The number of hydrogen-bond acceptors (Lipinski definition) is 5. The van der Waals surface area contributed by atoms with Gasteiger partial charge in [0.15, 0.2) is 11.5 Å². The fraction of sp³-hybridized carbons (Fsp3) is 0.143. The number of fused-ring (bicyclic) bond motifs is 1. The van der Waals surface area contributed by atoms with Crippen molar-refractivity contribution in [3.63, 3.8) is 0 Å². The Morgan fingerprint density at radius 1 is 1.10 bits per heavy atom. The first-order valence-corrected chi connectivity index (χ1v) is 6.99. The molecule has 0 bridgehead atoms. The number of carboxylic acid groups (broad SMARTS) is 1. The summed E-state index contributed by atoms with van der Waals surface area (Å²) < 4.78 is 10.8. The fourth-order valence-electron chi connectivity index (χ4n) is 1.89. The molecule has 1 aromatic heterocycles. The lowest BCUT2D eigenvalue weighted by molar-refractivity contribution is 0.0702. The minimum absolute atomic E-state index is 0.174. The minimum Gasteiger partial charge on any atom is -0.486 e. The minimum atomic E-state index is -1.01. The molecule has 7 heteroatoms. The van der Waals surface area contributed by atoms with Crippen molar-refractivity contribution >= 4 is 28.2 Å². The molecule has 0 fully saturated rings. The van der Waals surface area contributed by atoms with Crippen LogP contribution >= 0.6 is 11.3 Å². The van der Waals surface area contributed by atoms with Crippen LogP contribution in [0.3, 0.4) is 0 Å². The highest BCUT2D eigenvalue weighted by Crippen LogP contribution is 2.31. The molecule has 2 aromatic rings. The number of nitrogens with one attached hydrogen (secondary N) is 1. The van der Waals surface area contributed by atoms with Crippen LogP contribution in [0.1, 0.15) is 20.0 Å². The zero-order valence-corrected chi connectivity index (χ0v) is 11.6. The third kappa shape index (κ3) is 2.82. The van der Waals surface area contributed by atoms with Gasteiger partial charge in [-0.1, -0.05) is 0 Å². The SMILES string of the molecule is O=C(Nc1ccc(C(=O)O)s1)c1ccc2c(c1)OCCO2. The number of carboxylic acids is 1. The van der Waals surface area contributed by atoms with Crippen LogP contribution < -0.4 is 14.8 Å². The van der Waals surface area contributed by atoms with Gasteiger partial charge in [0.25, 0.3) is 5.91 Å². The van der Waals surface area contributed by atoms with E-state index in [2.05, 4.69) is 5.32 Å². The second-order valence-corrected chi connectivity index (χ2v) is 5.37. The summed E-state index contributed by atoms with van der Waals surface area (Å²) in [6.45, 7) is 0.941. The Hall–Kier alpha value is -2.54. The lowest BCUT2D eigenvalue weighted by Gasteiger charge is -2.18. The number of hydrogen-bond donors (Lipinski definition) is 2. The van der Waals surface area contributed by atoms with Crippen LogP contribution in [0.5, 0.6) is 11.5 Å². The molecule has 0 spiro atoms. The van der Waals surface area contributed by atoms with Crippen molar-refractivity contribution in [3.8, 4) is 11.5 Å². The number of thiophene rings is 1. The van der Waals surface area contributed by atoms with E-state index in [-0.39, 0.29) is 10.8 Å². The molecule has 6 nitrogen and oxygen atoms in total. The average molecular weight is 305 g/mol. The van der Waals surface area contributed by atoms with Gasteiger partial charge < -0.3 is 19.9 Å². The van der Waals surface area contributed by atoms with Crippen molar-refractivity contribution in [1.82, 2.24) is 0 Å². The Balaban J connectivity index is 1.77. The molecule has 0 atom stereocenters. The predicted molar refractivity (Wildman–Crippen MR) is 76.7 cm³/mol. The number of carbonyl (C=O) groups is 2. The summed E-state index contributed by atoms with van der Waals surface area (Å²) in [6, 6.07) is 7.93. The zero-order valence-electron chi connectivity index (χ0n) is 10.8. The molecule has 1 amide bonds. The molecule has 3 rings (SSSR count). The van der Waals surface area contributed by atoms with E-state index < -0.39 is 5.97 Å².